The van der Waals surface area contributed by atoms with Crippen molar-refractivity contribution in [3.05, 3.63) is 71.9 Å². The SMILES string of the molecule is NC(CNc1nc(-c2ccncc2)nc2ccsc12)Cc1ccccc1. The van der Waals surface area contributed by atoms with Gasteiger partial charge in [0.05, 0.1) is 10.2 Å². The average molecular weight is 361 g/mol. The topological polar surface area (TPSA) is 76.7 Å². The highest BCUT2D eigenvalue weighted by molar-refractivity contribution is 7.17. The van der Waals surface area contributed by atoms with Gasteiger partial charge >= 0.3 is 0 Å². The van der Waals surface area contributed by atoms with Crippen LogP contribution in [0.25, 0.3) is 21.6 Å². The number of nitrogens with one attached hydrogen (secondary N) is 1. The lowest BCUT2D eigenvalue weighted by molar-refractivity contribution is 0.698. The molecule has 5 nitrogen and oxygen atoms in total. The van der Waals surface area contributed by atoms with Crippen LogP contribution in [0.5, 0.6) is 0 Å². The molecular weight excluding hydrogens is 342 g/mol. The van der Waals surface area contributed by atoms with Crippen LogP contribution in [0, 0.1) is 0 Å². The number of hydrogen-bond donors (Lipinski definition) is 2. The highest BCUT2D eigenvalue weighted by atomic mass is 32.1. The number of thiophene rings is 1. The van der Waals surface area contributed by atoms with E-state index in [1.54, 1.807) is 23.7 Å². The summed E-state index contributed by atoms with van der Waals surface area (Å²) in [4.78, 5) is 13.4. The molecule has 0 aliphatic heterocycles. The minimum absolute atomic E-state index is 0.00625. The van der Waals surface area contributed by atoms with Crippen LogP contribution in [0.4, 0.5) is 5.82 Å². The molecule has 1 unspecified atom stereocenters. The molecule has 0 saturated heterocycles. The number of anilines is 1. The third-order valence-corrected chi connectivity index (χ3v) is 5.02. The summed E-state index contributed by atoms with van der Waals surface area (Å²) in [5.74, 6) is 1.53. The van der Waals surface area contributed by atoms with Crippen LogP contribution in [0.15, 0.2) is 66.3 Å². The molecule has 0 aliphatic carbocycles. The number of pyridine rings is 1. The summed E-state index contributed by atoms with van der Waals surface area (Å²) in [5.41, 5.74) is 9.44. The molecule has 0 aliphatic rings. The van der Waals surface area contributed by atoms with Gasteiger partial charge in [-0.05, 0) is 35.6 Å². The molecule has 0 saturated carbocycles. The maximum atomic E-state index is 6.31. The molecule has 1 aromatic carbocycles. The van der Waals surface area contributed by atoms with Gasteiger partial charge in [0.2, 0.25) is 0 Å². The summed E-state index contributed by atoms with van der Waals surface area (Å²) in [5, 5.41) is 5.46. The first-order valence-corrected chi connectivity index (χ1v) is 9.36. The van der Waals surface area contributed by atoms with Crippen molar-refractivity contribution >= 4 is 27.4 Å². The van der Waals surface area contributed by atoms with Gasteiger partial charge in [-0.3, -0.25) is 4.98 Å². The lowest BCUT2D eigenvalue weighted by Gasteiger charge is -2.14. The van der Waals surface area contributed by atoms with E-state index >= 15 is 0 Å². The maximum absolute atomic E-state index is 6.31. The highest BCUT2D eigenvalue weighted by Gasteiger charge is 2.12. The molecule has 0 radical (unpaired) electrons. The molecule has 3 heterocycles. The van der Waals surface area contributed by atoms with Crippen molar-refractivity contribution in [2.45, 2.75) is 12.5 Å². The molecule has 26 heavy (non-hydrogen) atoms. The molecule has 4 aromatic rings. The van der Waals surface area contributed by atoms with Crippen molar-refractivity contribution in [1.82, 2.24) is 15.0 Å². The Bertz CT molecular complexity index is 985. The number of benzene rings is 1. The molecule has 3 aromatic heterocycles. The Labute approximate surface area is 156 Å². The largest absolute Gasteiger partial charge is 0.367 e. The van der Waals surface area contributed by atoms with Crippen LogP contribution in [0.2, 0.25) is 0 Å². The molecule has 0 bridgehead atoms. The summed E-state index contributed by atoms with van der Waals surface area (Å²) in [6.07, 6.45) is 4.32. The average Bonchev–Trinajstić information content (AvgIpc) is 3.16. The molecular formula is C20H19N5S. The molecule has 3 N–H and O–H groups in total. The zero-order valence-corrected chi connectivity index (χ0v) is 15.0. The fraction of sp³-hybridized carbons (Fsp3) is 0.150. The smallest absolute Gasteiger partial charge is 0.162 e. The highest BCUT2D eigenvalue weighted by Crippen LogP contribution is 2.28. The van der Waals surface area contributed by atoms with E-state index in [1.165, 1.54) is 5.56 Å². The summed E-state index contributed by atoms with van der Waals surface area (Å²) >= 11 is 1.63. The van der Waals surface area contributed by atoms with Crippen molar-refractivity contribution < 1.29 is 0 Å². The van der Waals surface area contributed by atoms with Crippen LogP contribution < -0.4 is 11.1 Å². The number of nitrogens with two attached hydrogens (primary N) is 1. The summed E-state index contributed by atoms with van der Waals surface area (Å²) in [7, 11) is 0. The van der Waals surface area contributed by atoms with Gasteiger partial charge in [-0.15, -0.1) is 11.3 Å². The molecule has 1 atom stereocenters. The predicted octanol–water partition coefficient (Wildman–Crippen LogP) is 3.74. The van der Waals surface area contributed by atoms with Crippen LogP contribution in [-0.2, 0) is 6.42 Å². The Hall–Kier alpha value is -2.83. The first-order chi connectivity index (χ1) is 12.8. The van der Waals surface area contributed by atoms with Gasteiger partial charge in [-0.25, -0.2) is 9.97 Å². The number of nitrogens with zero attached hydrogens (tertiary/aromatic N) is 3. The van der Waals surface area contributed by atoms with Gasteiger partial charge in [-0.2, -0.15) is 0 Å². The van der Waals surface area contributed by atoms with Gasteiger partial charge in [0.25, 0.3) is 0 Å². The Balaban J connectivity index is 1.55. The Kier molecular flexibility index (Phi) is 4.86. The van der Waals surface area contributed by atoms with Crippen LogP contribution in [0.1, 0.15) is 5.56 Å². The standard InChI is InChI=1S/C20H19N5S/c21-16(12-14-4-2-1-3-5-14)13-23-20-18-17(8-11-26-18)24-19(25-20)15-6-9-22-10-7-15/h1-11,16H,12-13,21H2,(H,23,24,25). The Morgan fingerprint density at radius 1 is 1.00 bits per heavy atom. The van der Waals surface area contributed by atoms with Crippen LogP contribution in [-0.4, -0.2) is 27.5 Å². The summed E-state index contributed by atoms with van der Waals surface area (Å²) in [6, 6.07) is 16.1. The van der Waals surface area contributed by atoms with E-state index in [-0.39, 0.29) is 6.04 Å². The Morgan fingerprint density at radius 3 is 2.62 bits per heavy atom. The van der Waals surface area contributed by atoms with E-state index in [0.717, 1.165) is 28.0 Å². The van der Waals surface area contributed by atoms with Crippen LogP contribution in [0.3, 0.4) is 0 Å². The van der Waals surface area contributed by atoms with Crippen molar-refractivity contribution in [1.29, 1.82) is 0 Å². The summed E-state index contributed by atoms with van der Waals surface area (Å²) in [6.45, 7) is 0.648. The second kappa shape index (κ2) is 7.59. The lowest BCUT2D eigenvalue weighted by Crippen LogP contribution is -2.31. The third-order valence-electron chi connectivity index (χ3n) is 4.11. The normalized spacial score (nSPS) is 12.2. The molecule has 6 heteroatoms. The van der Waals surface area contributed by atoms with Crippen molar-refractivity contribution in [3.8, 4) is 11.4 Å². The van der Waals surface area contributed by atoms with Gasteiger partial charge in [0, 0.05) is 30.5 Å². The molecule has 4 rings (SSSR count). The zero-order valence-electron chi connectivity index (χ0n) is 14.2. The lowest BCUT2D eigenvalue weighted by atomic mass is 10.1. The van der Waals surface area contributed by atoms with Gasteiger partial charge in [0.1, 0.15) is 5.82 Å². The van der Waals surface area contributed by atoms with Crippen molar-refractivity contribution in [3.63, 3.8) is 0 Å². The van der Waals surface area contributed by atoms with Gasteiger partial charge in [0.15, 0.2) is 5.82 Å². The second-order valence-corrected chi connectivity index (χ2v) is 7.01. The molecule has 0 amide bonds. The predicted molar refractivity (Wildman–Crippen MR) is 107 cm³/mol. The number of fused-ring (bicyclic) bond motifs is 1. The molecule has 130 valence electrons. The Morgan fingerprint density at radius 2 is 1.81 bits per heavy atom. The molecule has 0 spiro atoms. The number of hydrogen-bond acceptors (Lipinski definition) is 6. The first-order valence-electron chi connectivity index (χ1n) is 8.48. The van der Waals surface area contributed by atoms with Crippen molar-refractivity contribution in [2.24, 2.45) is 5.73 Å². The fourth-order valence-electron chi connectivity index (χ4n) is 2.83. The zero-order chi connectivity index (χ0) is 17.8. The van der Waals surface area contributed by atoms with Crippen molar-refractivity contribution in [2.75, 3.05) is 11.9 Å². The minimum atomic E-state index is 0.00625. The number of rotatable bonds is 6. The quantitative estimate of drug-likeness (QED) is 0.547. The summed E-state index contributed by atoms with van der Waals surface area (Å²) < 4.78 is 1.05. The molecule has 0 fully saturated rings. The van der Waals surface area contributed by atoms with E-state index in [1.807, 2.05) is 41.8 Å². The van der Waals surface area contributed by atoms with Gasteiger partial charge < -0.3 is 11.1 Å². The first kappa shape index (κ1) is 16.6. The van der Waals surface area contributed by atoms with E-state index in [2.05, 4.69) is 27.4 Å². The van der Waals surface area contributed by atoms with Gasteiger partial charge in [-0.1, -0.05) is 30.3 Å². The minimum Gasteiger partial charge on any atom is -0.367 e. The second-order valence-electron chi connectivity index (χ2n) is 6.10. The fourth-order valence-corrected chi connectivity index (χ4v) is 3.63. The monoisotopic (exact) mass is 361 g/mol. The number of aromatic nitrogens is 3. The maximum Gasteiger partial charge on any atom is 0.162 e. The van der Waals surface area contributed by atoms with E-state index in [4.69, 9.17) is 10.7 Å². The third kappa shape index (κ3) is 3.71. The van der Waals surface area contributed by atoms with E-state index < -0.39 is 0 Å². The van der Waals surface area contributed by atoms with E-state index in [0.29, 0.717) is 12.4 Å². The van der Waals surface area contributed by atoms with Crippen LogP contribution >= 0.6 is 11.3 Å². The van der Waals surface area contributed by atoms with E-state index in [9.17, 15) is 0 Å².